The lowest BCUT2D eigenvalue weighted by Gasteiger charge is -2.28. The van der Waals surface area contributed by atoms with Crippen LogP contribution < -0.4 is 10.3 Å². The van der Waals surface area contributed by atoms with Gasteiger partial charge in [0.15, 0.2) is 0 Å². The lowest BCUT2D eigenvalue weighted by molar-refractivity contribution is -0.119. The molecule has 1 fully saturated rings. The lowest BCUT2D eigenvalue weighted by atomic mass is 10.2. The number of carbonyl (C=O) groups excluding carboxylic acids is 1. The minimum Gasteiger partial charge on any atom is -0.508 e. The Balaban J connectivity index is 0.00000199. The van der Waals surface area contributed by atoms with Crippen LogP contribution in [0, 0.1) is 0 Å². The number of aromatic hydroxyl groups is 1. The predicted octanol–water partition coefficient (Wildman–Crippen LogP) is 5.52. The third kappa shape index (κ3) is 9.29. The maximum atomic E-state index is 11.7. The van der Waals surface area contributed by atoms with Gasteiger partial charge in [0.25, 0.3) is 0 Å². The highest BCUT2D eigenvalue weighted by molar-refractivity contribution is 7.99. The van der Waals surface area contributed by atoms with E-state index in [1.165, 1.54) is 0 Å². The molecule has 0 unspecified atom stereocenters. The largest absolute Gasteiger partial charge is 0.508 e. The van der Waals surface area contributed by atoms with Crippen molar-refractivity contribution in [2.24, 2.45) is 5.73 Å². The van der Waals surface area contributed by atoms with Crippen molar-refractivity contribution >= 4 is 38.0 Å². The second-order valence-electron chi connectivity index (χ2n) is 7.29. The van der Waals surface area contributed by atoms with Gasteiger partial charge in [-0.3, -0.25) is 9.69 Å². The summed E-state index contributed by atoms with van der Waals surface area (Å²) in [5, 5.41) is 9.45. The number of likely N-dealkylation sites (tertiary alicyclic amines) is 1. The molecule has 1 aliphatic heterocycles. The van der Waals surface area contributed by atoms with Gasteiger partial charge in [-0.2, -0.15) is 0 Å². The van der Waals surface area contributed by atoms with Gasteiger partial charge in [0.1, 0.15) is 11.5 Å². The van der Waals surface area contributed by atoms with E-state index >= 15 is 0 Å². The quantitative estimate of drug-likeness (QED) is 0.276. The Hall–Kier alpha value is -1.48. The Morgan fingerprint density at radius 3 is 1.88 bits per heavy atom. The van der Waals surface area contributed by atoms with Crippen LogP contribution >= 0.6 is 32.1 Å². The molecule has 188 valence electrons. The molecule has 0 saturated carbocycles. The summed E-state index contributed by atoms with van der Waals surface area (Å²) in [6, 6.07) is 15.7. The smallest absolute Gasteiger partial charge is 0.396 e. The van der Waals surface area contributed by atoms with Crippen molar-refractivity contribution in [3.05, 3.63) is 48.5 Å². The number of nitrogens with two attached hydrogens (primary N) is 1. The zero-order chi connectivity index (χ0) is 24.9. The van der Waals surface area contributed by atoms with E-state index in [1.807, 2.05) is 50.2 Å². The Morgan fingerprint density at radius 1 is 0.971 bits per heavy atom. The number of primary amides is 1. The number of thioether (sulfide) groups is 2. The number of hydrogen-bond acceptors (Lipinski definition) is 8. The van der Waals surface area contributed by atoms with E-state index in [0.717, 1.165) is 34.1 Å². The molecule has 10 heteroatoms. The second kappa shape index (κ2) is 15.5. The Morgan fingerprint density at radius 2 is 1.44 bits per heavy atom. The van der Waals surface area contributed by atoms with Gasteiger partial charge in [0, 0.05) is 47.6 Å². The summed E-state index contributed by atoms with van der Waals surface area (Å²) in [6.07, 6.45) is 2.07. The number of phenolic OH excluding ortho intramolecular Hbond substituents is 1. The summed E-state index contributed by atoms with van der Waals surface area (Å²) >= 11 is 3.50. The SMILES string of the molecule is CC.COP(OC)Oc1ccc(SC[C@@H]2CC[C@H](CSc3ccc(O)cc3)N2CC(N)=O)cc1. The highest BCUT2D eigenvalue weighted by Crippen LogP contribution is 2.39. The molecular weight excluding hydrogens is 491 g/mol. The zero-order valence-electron chi connectivity index (χ0n) is 20.2. The zero-order valence-corrected chi connectivity index (χ0v) is 22.7. The summed E-state index contributed by atoms with van der Waals surface area (Å²) in [5.74, 6) is 2.44. The van der Waals surface area contributed by atoms with Crippen molar-refractivity contribution < 1.29 is 23.5 Å². The number of benzene rings is 2. The fraction of sp³-hybridized carbons (Fsp3) is 0.458. The first kappa shape index (κ1) is 28.8. The first-order valence-corrected chi connectivity index (χ1v) is 14.3. The fourth-order valence-corrected chi connectivity index (χ4v) is 6.30. The molecule has 2 aromatic rings. The number of nitrogens with zero attached hydrogens (tertiary/aromatic N) is 1. The molecule has 1 aliphatic rings. The van der Waals surface area contributed by atoms with Crippen molar-refractivity contribution in [3.63, 3.8) is 0 Å². The maximum absolute atomic E-state index is 11.7. The van der Waals surface area contributed by atoms with E-state index in [9.17, 15) is 9.90 Å². The van der Waals surface area contributed by atoms with Crippen LogP contribution in [0.3, 0.4) is 0 Å². The van der Waals surface area contributed by atoms with E-state index in [0.29, 0.717) is 17.8 Å². The molecule has 3 N–H and O–H groups in total. The first-order valence-electron chi connectivity index (χ1n) is 11.2. The molecule has 0 bridgehead atoms. The van der Waals surface area contributed by atoms with Crippen molar-refractivity contribution in [1.29, 1.82) is 0 Å². The summed E-state index contributed by atoms with van der Waals surface area (Å²) in [6.45, 7) is 4.27. The highest BCUT2D eigenvalue weighted by atomic mass is 32.2. The highest BCUT2D eigenvalue weighted by Gasteiger charge is 2.34. The molecule has 0 aromatic heterocycles. The molecular formula is C24H35N2O5PS2. The topological polar surface area (TPSA) is 94.2 Å². The van der Waals surface area contributed by atoms with Gasteiger partial charge in [-0.05, 0) is 61.4 Å². The monoisotopic (exact) mass is 526 g/mol. The Labute approximate surface area is 212 Å². The van der Waals surface area contributed by atoms with Crippen LogP contribution in [0.2, 0.25) is 0 Å². The van der Waals surface area contributed by atoms with Gasteiger partial charge in [-0.1, -0.05) is 13.8 Å². The van der Waals surface area contributed by atoms with Crippen LogP contribution in [0.5, 0.6) is 11.5 Å². The standard InChI is InChI=1S/C22H29N2O5PS2.C2H6/c1-27-30(28-2)29-19-7-11-21(12-8-19)32-15-17-4-3-16(24(17)13-22(23)26)14-31-20-9-5-18(25)6-10-20;1-2/h5-12,16-17,25H,3-4,13-15H2,1-2H3,(H2,23,26);1-2H3/t16-,17+;/m1./s1. The van der Waals surface area contributed by atoms with Gasteiger partial charge in [0.2, 0.25) is 5.91 Å². The summed E-state index contributed by atoms with van der Waals surface area (Å²) < 4.78 is 15.9. The van der Waals surface area contributed by atoms with Crippen LogP contribution in [0.4, 0.5) is 0 Å². The maximum Gasteiger partial charge on any atom is 0.396 e. The van der Waals surface area contributed by atoms with Crippen LogP contribution in [0.15, 0.2) is 58.3 Å². The summed E-state index contributed by atoms with van der Waals surface area (Å²) in [4.78, 5) is 16.2. The van der Waals surface area contributed by atoms with Crippen LogP contribution in [0.1, 0.15) is 26.7 Å². The number of carbonyl (C=O) groups is 1. The number of amides is 1. The molecule has 34 heavy (non-hydrogen) atoms. The Kier molecular flexibility index (Phi) is 13.1. The Bertz CT molecular complexity index is 853. The van der Waals surface area contributed by atoms with Crippen molar-refractivity contribution in [1.82, 2.24) is 4.90 Å². The van der Waals surface area contributed by atoms with Gasteiger partial charge in [0.05, 0.1) is 6.54 Å². The molecule has 7 nitrogen and oxygen atoms in total. The van der Waals surface area contributed by atoms with E-state index in [1.54, 1.807) is 49.9 Å². The van der Waals surface area contributed by atoms with Crippen LogP contribution in [0.25, 0.3) is 0 Å². The molecule has 1 heterocycles. The first-order chi connectivity index (χ1) is 16.5. The van der Waals surface area contributed by atoms with Gasteiger partial charge >= 0.3 is 8.60 Å². The normalized spacial score (nSPS) is 17.9. The van der Waals surface area contributed by atoms with Crippen LogP contribution in [-0.2, 0) is 13.8 Å². The average molecular weight is 527 g/mol. The molecule has 2 atom stereocenters. The van der Waals surface area contributed by atoms with E-state index in [-0.39, 0.29) is 18.2 Å². The van der Waals surface area contributed by atoms with Crippen molar-refractivity contribution in [2.45, 2.75) is 48.6 Å². The second-order valence-corrected chi connectivity index (χ2v) is 10.8. The van der Waals surface area contributed by atoms with Gasteiger partial charge < -0.3 is 24.4 Å². The molecule has 0 radical (unpaired) electrons. The molecule has 2 aromatic carbocycles. The molecule has 0 spiro atoms. The lowest BCUT2D eigenvalue weighted by Crippen LogP contribution is -2.44. The number of phenols is 1. The average Bonchev–Trinajstić information content (AvgIpc) is 3.23. The minimum atomic E-state index is -1.37. The third-order valence-corrected chi connectivity index (χ3v) is 8.40. The van der Waals surface area contributed by atoms with E-state index in [4.69, 9.17) is 19.3 Å². The number of rotatable bonds is 12. The van der Waals surface area contributed by atoms with Gasteiger partial charge in [-0.15, -0.1) is 23.5 Å². The van der Waals surface area contributed by atoms with Gasteiger partial charge in [-0.25, -0.2) is 0 Å². The predicted molar refractivity (Wildman–Crippen MR) is 142 cm³/mol. The minimum absolute atomic E-state index is 0.264. The number of hydrogen-bond donors (Lipinski definition) is 2. The molecule has 1 amide bonds. The third-order valence-electron chi connectivity index (χ3n) is 5.13. The molecule has 0 aliphatic carbocycles. The van der Waals surface area contributed by atoms with Crippen LogP contribution in [-0.4, -0.2) is 60.3 Å². The molecule has 3 rings (SSSR count). The fourth-order valence-electron chi connectivity index (χ4n) is 3.57. The summed E-state index contributed by atoms with van der Waals surface area (Å²) in [7, 11) is 1.73. The van der Waals surface area contributed by atoms with Crippen molar-refractivity contribution in [2.75, 3.05) is 32.3 Å². The van der Waals surface area contributed by atoms with E-state index < -0.39 is 8.60 Å². The molecule has 1 saturated heterocycles. The summed E-state index contributed by atoms with van der Waals surface area (Å²) in [5.41, 5.74) is 5.55. The van der Waals surface area contributed by atoms with E-state index in [2.05, 4.69) is 4.90 Å². The van der Waals surface area contributed by atoms with Crippen molar-refractivity contribution in [3.8, 4) is 11.5 Å².